The van der Waals surface area contributed by atoms with E-state index in [9.17, 15) is 17.8 Å². The van der Waals surface area contributed by atoms with Gasteiger partial charge in [-0.25, -0.2) is 0 Å². The van der Waals surface area contributed by atoms with Crippen molar-refractivity contribution in [2.45, 2.75) is 0 Å². The normalized spacial score (nSPS) is 20.7. The topological polar surface area (TPSA) is 3.24 Å². The van der Waals surface area contributed by atoms with E-state index >= 15 is 0 Å². The van der Waals surface area contributed by atoms with Gasteiger partial charge < -0.3 is 4.90 Å². The predicted molar refractivity (Wildman–Crippen MR) is 218 cm³/mol. The van der Waals surface area contributed by atoms with Gasteiger partial charge in [0.25, 0.3) is 0 Å². The molecule has 1 heteroatoms. The number of nitrogens with zero attached hydrogens (tertiary/aromatic N) is 1. The Balaban J connectivity index is 1.51. The smallest absolute Gasteiger partial charge is 0.0645 e. The lowest BCUT2D eigenvalue weighted by Crippen LogP contribution is -2.09. The molecule has 1 nitrogen and oxygen atoms in total. The van der Waals surface area contributed by atoms with Crippen LogP contribution in [0, 0.1) is 0 Å². The van der Waals surface area contributed by atoms with E-state index < -0.39 is 295 Å². The Hall–Kier alpha value is -6.70. The van der Waals surface area contributed by atoms with Crippen molar-refractivity contribution in [2.24, 2.45) is 0 Å². The fourth-order valence-electron chi connectivity index (χ4n) is 5.06. The first-order chi connectivity index (χ1) is 39.9. The molecule has 0 N–H and O–H groups in total. The zero-order valence-corrected chi connectivity index (χ0v) is 25.4. The molecule has 0 atom stereocenters. The highest BCUT2D eigenvalue weighted by Gasteiger charge is 2.16. The maximum atomic E-state index is 9.80. The first kappa shape index (κ1) is 10.9. The monoisotopic (exact) mass is 684 g/mol. The van der Waals surface area contributed by atoms with E-state index in [2.05, 4.69) is 0 Å². The summed E-state index contributed by atoms with van der Waals surface area (Å²) in [6.07, 6.45) is 0. The quantitative estimate of drug-likeness (QED) is 0.161. The van der Waals surface area contributed by atoms with Crippen LogP contribution in [-0.4, -0.2) is 0 Å². The predicted octanol–water partition coefficient (Wildman–Crippen LogP) is 14.1. The molecule has 9 rings (SSSR count). The van der Waals surface area contributed by atoms with Crippen molar-refractivity contribution in [1.82, 2.24) is 0 Å². The van der Waals surface area contributed by atoms with Crippen molar-refractivity contribution in [3.63, 3.8) is 0 Å². The highest BCUT2D eigenvalue weighted by Crippen LogP contribution is 2.41. The Labute approximate surface area is 348 Å². The Morgan fingerprint density at radius 2 is 0.706 bits per heavy atom. The number of hydrogen-bond acceptors (Lipinski definition) is 1. The van der Waals surface area contributed by atoms with E-state index in [1.165, 1.54) is 0 Å². The Morgan fingerprint density at radius 3 is 1.33 bits per heavy atom. The zero-order valence-electron chi connectivity index (χ0n) is 60.4. The van der Waals surface area contributed by atoms with Gasteiger partial charge in [-0.05, 0) is 102 Å². The second-order valence-electron chi connectivity index (χ2n) is 10.3. The third-order valence-corrected chi connectivity index (χ3v) is 7.32. The minimum absolute atomic E-state index is 0.208. The third kappa shape index (κ3) is 5.86. The Bertz CT molecular complexity index is 4490. The van der Waals surface area contributed by atoms with Crippen LogP contribution < -0.4 is 4.90 Å². The standard InChI is InChI=1S/C50H35N/c1-3-12-36(13-4-1)37-22-29-43(30-23-37)51(44-31-24-41(25-32-44)47-21-11-18-38-16-7-9-19-46(38)47)45-33-26-42(27-34-45)50-48-20-10-8-17-40(48)28-35-49(50)39-14-5-2-6-15-39/h1-35H/i1D,2D,3D,4D,5D,6D,7D,8D,9D,10D,11D,12D,13D,14D,15D,16D,17D,18D,19D,20D,21D,22D,23D,24D,25D,26D,27D,28D,29D,30D,31D,32D,33D,34D,35D. The van der Waals surface area contributed by atoms with Gasteiger partial charge in [0.05, 0.1) is 48.0 Å². The van der Waals surface area contributed by atoms with Gasteiger partial charge in [0.2, 0.25) is 0 Å². The van der Waals surface area contributed by atoms with Crippen LogP contribution >= 0.6 is 0 Å². The van der Waals surface area contributed by atoms with E-state index in [0.717, 1.165) is 0 Å². The SMILES string of the molecule is [2H]c1c([2H])c([2H])c(-c2c([2H])c([2H])c(N(c3c([2H])c([2H])c(-c4c([2H])c([2H])c([2H])c5c([2H])c([2H])c([2H])c([2H])c45)c([2H])c3[2H])c3c([2H])c([2H])c(-c4c(-c5c([2H])c([2H])c([2H])c([2H])c5[2H])c([2H])c([2H])c5c([2H])c([2H])c([2H])c([2H])c45)c([2H])c3[2H])c([2H])c2[2H])c([2H])c1[2H]. The fourth-order valence-corrected chi connectivity index (χ4v) is 5.06. The number of fused-ring (bicyclic) bond motifs is 2. The highest BCUT2D eigenvalue weighted by molar-refractivity contribution is 6.04. The third-order valence-electron chi connectivity index (χ3n) is 7.32. The molecule has 0 aliphatic carbocycles. The van der Waals surface area contributed by atoms with Gasteiger partial charge in [0.15, 0.2) is 0 Å². The van der Waals surface area contributed by atoms with Gasteiger partial charge in [0, 0.05) is 17.1 Å². The molecule has 0 radical (unpaired) electrons. The van der Waals surface area contributed by atoms with Crippen LogP contribution in [0.25, 0.3) is 66.1 Å². The van der Waals surface area contributed by atoms with Crippen molar-refractivity contribution in [2.75, 3.05) is 4.90 Å². The summed E-state index contributed by atoms with van der Waals surface area (Å²) >= 11 is 0. The van der Waals surface area contributed by atoms with E-state index in [4.69, 9.17) is 30.2 Å². The molecule has 0 spiro atoms. The molecule has 0 aliphatic heterocycles. The largest absolute Gasteiger partial charge is 0.311 e. The number of benzene rings is 9. The number of hydrogen-bond donors (Lipinski definition) is 0. The Morgan fingerprint density at radius 1 is 0.275 bits per heavy atom. The molecular formula is C50H35N. The van der Waals surface area contributed by atoms with Crippen LogP contribution in [0.5, 0.6) is 0 Å². The summed E-state index contributed by atoms with van der Waals surface area (Å²) in [7, 11) is 0. The molecule has 0 saturated heterocycles. The van der Waals surface area contributed by atoms with Crippen LogP contribution in [0.2, 0.25) is 0 Å². The summed E-state index contributed by atoms with van der Waals surface area (Å²) in [5.74, 6) is 0. The lowest BCUT2D eigenvalue weighted by molar-refractivity contribution is 1.28. The molecule has 240 valence electrons. The first-order valence-corrected chi connectivity index (χ1v) is 14.7. The fraction of sp³-hybridized carbons (Fsp3) is 0. The van der Waals surface area contributed by atoms with E-state index in [-0.39, 0.29) is 4.90 Å². The van der Waals surface area contributed by atoms with Crippen LogP contribution in [0.1, 0.15) is 48.0 Å². The van der Waals surface area contributed by atoms with Crippen LogP contribution in [0.4, 0.5) is 17.1 Å². The molecule has 51 heavy (non-hydrogen) atoms. The molecule has 9 aromatic carbocycles. The van der Waals surface area contributed by atoms with Gasteiger partial charge in [-0.3, -0.25) is 0 Å². The lowest BCUT2D eigenvalue weighted by atomic mass is 9.89. The zero-order chi connectivity index (χ0) is 64.4. The molecule has 0 aromatic heterocycles. The second-order valence-corrected chi connectivity index (χ2v) is 10.3. The van der Waals surface area contributed by atoms with Crippen LogP contribution in [0.3, 0.4) is 0 Å². The maximum Gasteiger partial charge on any atom is 0.0645 e. The maximum absolute atomic E-state index is 9.80. The molecule has 0 amide bonds. The first-order valence-electron chi connectivity index (χ1n) is 32.2. The van der Waals surface area contributed by atoms with E-state index in [1.807, 2.05) is 0 Å². The summed E-state index contributed by atoms with van der Waals surface area (Å²) in [5, 5.41) is -3.05. The summed E-state index contributed by atoms with van der Waals surface area (Å²) in [6.45, 7) is 0. The second kappa shape index (κ2) is 13.3. The molecule has 0 saturated carbocycles. The van der Waals surface area contributed by atoms with Gasteiger partial charge >= 0.3 is 0 Å². The lowest BCUT2D eigenvalue weighted by Gasteiger charge is -2.26. The molecule has 9 aromatic rings. The van der Waals surface area contributed by atoms with Crippen molar-refractivity contribution in [3.05, 3.63) is 211 Å². The van der Waals surface area contributed by atoms with Crippen molar-refractivity contribution in [1.29, 1.82) is 0 Å². The minimum atomic E-state index is -1.43. The van der Waals surface area contributed by atoms with Gasteiger partial charge in [-0.15, -0.1) is 0 Å². The highest BCUT2D eigenvalue weighted by atomic mass is 15.1. The van der Waals surface area contributed by atoms with Crippen LogP contribution in [0.15, 0.2) is 211 Å². The molecule has 0 unspecified atom stereocenters. The number of anilines is 3. The van der Waals surface area contributed by atoms with Crippen LogP contribution in [-0.2, 0) is 0 Å². The van der Waals surface area contributed by atoms with Crippen molar-refractivity contribution < 1.29 is 48.0 Å². The minimum Gasteiger partial charge on any atom is -0.311 e. The Kier molecular flexibility index (Phi) is 2.84. The van der Waals surface area contributed by atoms with Gasteiger partial charge in [-0.2, -0.15) is 0 Å². The van der Waals surface area contributed by atoms with E-state index in [0.29, 0.717) is 0 Å². The molecular weight excluding hydrogens is 615 g/mol. The number of rotatable bonds is 7. The summed E-state index contributed by atoms with van der Waals surface area (Å²) < 4.78 is 314. The van der Waals surface area contributed by atoms with Gasteiger partial charge in [-0.1, -0.05) is 175 Å². The molecule has 0 fully saturated rings. The summed E-state index contributed by atoms with van der Waals surface area (Å²) in [5.41, 5.74) is -11.5. The molecule has 0 heterocycles. The molecule has 0 aliphatic rings. The molecule has 0 bridgehead atoms. The average Bonchev–Trinajstić information content (AvgIpc) is 0.722. The average molecular weight is 685 g/mol. The summed E-state index contributed by atoms with van der Waals surface area (Å²) in [6, 6.07) is -39.2. The summed E-state index contributed by atoms with van der Waals surface area (Å²) in [4.78, 5) is 0.208. The van der Waals surface area contributed by atoms with Crippen molar-refractivity contribution >= 4 is 38.6 Å². The van der Waals surface area contributed by atoms with Crippen molar-refractivity contribution in [3.8, 4) is 44.5 Å². The van der Waals surface area contributed by atoms with E-state index in [1.54, 1.807) is 0 Å². The van der Waals surface area contributed by atoms with Gasteiger partial charge in [0.1, 0.15) is 0 Å².